The molecular weight excluding hydrogens is 1220 g/mol. The predicted molar refractivity (Wildman–Crippen MR) is 120 cm³/mol. The molecule has 0 aromatic carbocycles. The van der Waals surface area contributed by atoms with Crippen LogP contribution in [-0.4, -0.2) is 136 Å². The molecule has 1 radical (unpaired) electrons. The van der Waals surface area contributed by atoms with Crippen molar-refractivity contribution in [1.29, 1.82) is 0 Å². The molecule has 0 amide bonds. The quantitative estimate of drug-likeness (QED) is 0.0948. The molecule has 0 aliphatic heterocycles. The van der Waals surface area contributed by atoms with Gasteiger partial charge in [-0.2, -0.15) is 215 Å². The molecule has 73 heavy (non-hydrogen) atoms. The minimum Gasteiger partial charge on any atom is -0.192 e. The van der Waals surface area contributed by atoms with Crippen LogP contribution in [0.2, 0.25) is 0 Å². The van der Waals surface area contributed by atoms with Crippen LogP contribution in [0.15, 0.2) is 0 Å². The lowest BCUT2D eigenvalue weighted by Gasteiger charge is -2.47. The Balaban J connectivity index is 8.16. The van der Waals surface area contributed by atoms with Crippen molar-refractivity contribution >= 4 is 0 Å². The summed E-state index contributed by atoms with van der Waals surface area (Å²) in [5.41, 5.74) is 0. The summed E-state index contributed by atoms with van der Waals surface area (Å²) in [5.74, 6) is -227. The fourth-order valence-corrected chi connectivity index (χ4v) is 4.24. The highest BCUT2D eigenvalue weighted by Crippen LogP contribution is 2.72. The van der Waals surface area contributed by atoms with E-state index in [0.29, 0.717) is 0 Å². The molecule has 0 spiro atoms. The number of hydrogen-bond donors (Lipinski definition) is 0. The van der Waals surface area contributed by atoms with Crippen molar-refractivity contribution in [2.45, 2.75) is 136 Å². The molecule has 0 aliphatic carbocycles. The molecule has 0 atom stereocenters. The van der Waals surface area contributed by atoms with Gasteiger partial charge in [0.1, 0.15) is 0 Å². The maximum atomic E-state index is 14.1. The number of hydrogen-bond acceptors (Lipinski definition) is 0. The highest BCUT2D eigenvalue weighted by molar-refractivity contribution is 5.24. The van der Waals surface area contributed by atoms with Gasteiger partial charge in [-0.15, -0.1) is 0 Å². The molecule has 0 rings (SSSR count). The van der Waals surface area contributed by atoms with E-state index >= 15 is 0 Å². The standard InChI is InChI=1S/C24F49/c25-1(26)2(27,28)3(29,30)4(31,32)5(33,34)6(35,36)7(37,38)8(39,40)9(41,42)10(43,44)11(45,46)12(47,48)13(49,50)14(51,52)15(53,54)16(55,56)17(57,58)18(59,60)19(61,62)20(63,64)21(65,66)22(67,68)23(69,70)24(71,72)73. The fraction of sp³-hybridized carbons (Fsp3) is 0.958. The second kappa shape index (κ2) is 16.5. The normalized spacial score (nSPS) is 17.5. The van der Waals surface area contributed by atoms with E-state index in [-0.39, 0.29) is 0 Å². The van der Waals surface area contributed by atoms with E-state index in [4.69, 9.17) is 0 Å². The smallest absolute Gasteiger partial charge is 0.192 e. The van der Waals surface area contributed by atoms with Crippen LogP contribution in [0.25, 0.3) is 0 Å². The predicted octanol–water partition coefficient (Wildman–Crippen LogP) is 16.0. The van der Waals surface area contributed by atoms with Gasteiger partial charge in [-0.3, -0.25) is 0 Å². The molecule has 0 heterocycles. The monoisotopic (exact) mass is 1220 g/mol. The Morgan fingerprint density at radius 3 is 0.288 bits per heavy atom. The van der Waals surface area contributed by atoms with Crippen LogP contribution < -0.4 is 0 Å². The summed E-state index contributed by atoms with van der Waals surface area (Å²) in [6.45, 7) is 0. The van der Waals surface area contributed by atoms with E-state index in [0.717, 1.165) is 0 Å². The van der Waals surface area contributed by atoms with Gasteiger partial charge in [0.05, 0.1) is 0 Å². The fourth-order valence-electron chi connectivity index (χ4n) is 4.24. The number of halogens is 49. The Morgan fingerprint density at radius 2 is 0.205 bits per heavy atom. The van der Waals surface area contributed by atoms with E-state index in [1.54, 1.807) is 0 Å². The third-order valence-corrected chi connectivity index (χ3v) is 8.87. The maximum Gasteiger partial charge on any atom is 0.460 e. The van der Waals surface area contributed by atoms with Crippen LogP contribution in [0.5, 0.6) is 0 Å². The molecule has 0 saturated carbocycles. The van der Waals surface area contributed by atoms with Crippen LogP contribution in [-0.2, 0) is 0 Å². The van der Waals surface area contributed by atoms with E-state index in [9.17, 15) is 215 Å². The van der Waals surface area contributed by atoms with E-state index in [1.807, 2.05) is 0 Å². The maximum absolute atomic E-state index is 14.1. The first-order valence-electron chi connectivity index (χ1n) is 15.0. The zero-order chi connectivity index (χ0) is 61.1. The van der Waals surface area contributed by atoms with Crippen LogP contribution in [0.1, 0.15) is 0 Å². The van der Waals surface area contributed by atoms with Crippen molar-refractivity contribution in [1.82, 2.24) is 0 Å². The lowest BCUT2D eigenvalue weighted by atomic mass is 9.81. The van der Waals surface area contributed by atoms with Crippen molar-refractivity contribution in [3.05, 3.63) is 6.43 Å². The molecule has 0 unspecified atom stereocenters. The molecule has 0 N–H and O–H groups in total. The Hall–Kier alpha value is -3.43. The summed E-state index contributed by atoms with van der Waals surface area (Å²) < 4.78 is 664. The second-order valence-electron chi connectivity index (χ2n) is 13.4. The van der Waals surface area contributed by atoms with Gasteiger partial charge < -0.3 is 0 Å². The molecule has 0 aromatic heterocycles. The molecular formula is C24F49. The molecule has 49 heteroatoms. The van der Waals surface area contributed by atoms with Crippen molar-refractivity contribution in [2.24, 2.45) is 0 Å². The Morgan fingerprint density at radius 1 is 0.123 bits per heavy atom. The Bertz CT molecular complexity index is 1980. The van der Waals surface area contributed by atoms with E-state index < -0.39 is 143 Å². The first-order valence-corrected chi connectivity index (χ1v) is 15.0. The molecule has 0 fully saturated rings. The van der Waals surface area contributed by atoms with E-state index in [2.05, 4.69) is 0 Å². The summed E-state index contributed by atoms with van der Waals surface area (Å²) in [5, 5.41) is 0. The third kappa shape index (κ3) is 7.55. The SMILES string of the molecule is F[C](F)C(F)(F)C(F)(F)C(F)(F)C(F)(F)C(F)(F)C(F)(F)C(F)(F)C(F)(F)C(F)(F)C(F)(F)C(F)(F)C(F)(F)C(F)(F)C(F)(F)C(F)(F)C(F)(F)C(F)(F)C(F)(F)C(F)(F)C(F)(F)C(F)(F)C(F)(F)C(F)(F)F. The molecule has 0 aliphatic rings. The van der Waals surface area contributed by atoms with Gasteiger partial charge in [0.15, 0.2) is 0 Å². The van der Waals surface area contributed by atoms with Crippen LogP contribution in [0.4, 0.5) is 215 Å². The zero-order valence-electron chi connectivity index (χ0n) is 30.5. The molecule has 0 saturated heterocycles. The average Bonchev–Trinajstić information content (AvgIpc) is 3.15. The largest absolute Gasteiger partial charge is 0.460 e. The van der Waals surface area contributed by atoms with Crippen molar-refractivity contribution in [3.63, 3.8) is 0 Å². The minimum absolute atomic E-state index is 5.76. The highest BCUT2D eigenvalue weighted by atomic mass is 19.4. The Kier molecular flexibility index (Phi) is 15.8. The van der Waals surface area contributed by atoms with Crippen molar-refractivity contribution < 1.29 is 215 Å². The molecule has 0 nitrogen and oxygen atoms in total. The van der Waals surface area contributed by atoms with Crippen molar-refractivity contribution in [2.75, 3.05) is 0 Å². The average molecular weight is 1220 g/mol. The summed E-state index contributed by atoms with van der Waals surface area (Å²) in [6.07, 6.45) is -14.4. The summed E-state index contributed by atoms with van der Waals surface area (Å²) in [6, 6.07) is 0. The van der Waals surface area contributed by atoms with Gasteiger partial charge >= 0.3 is 143 Å². The minimum atomic E-state index is -10.9. The van der Waals surface area contributed by atoms with Gasteiger partial charge in [0, 0.05) is 0 Å². The number of alkyl halides is 47. The molecule has 439 valence electrons. The lowest BCUT2D eigenvalue weighted by molar-refractivity contribution is -0.498. The van der Waals surface area contributed by atoms with Crippen molar-refractivity contribution in [3.8, 4) is 0 Å². The Labute approximate surface area is 359 Å². The first-order chi connectivity index (χ1) is 30.4. The topological polar surface area (TPSA) is 0 Å². The van der Waals surface area contributed by atoms with Gasteiger partial charge in [-0.1, -0.05) is 0 Å². The van der Waals surface area contributed by atoms with Gasteiger partial charge in [-0.25, -0.2) is 0 Å². The molecule has 0 bridgehead atoms. The second-order valence-corrected chi connectivity index (χ2v) is 13.4. The lowest BCUT2D eigenvalue weighted by Crippen LogP contribution is -2.81. The van der Waals surface area contributed by atoms with Crippen LogP contribution in [0.3, 0.4) is 0 Å². The third-order valence-electron chi connectivity index (χ3n) is 8.87. The highest BCUT2D eigenvalue weighted by Gasteiger charge is 3.04. The zero-order valence-corrected chi connectivity index (χ0v) is 30.5. The van der Waals surface area contributed by atoms with Crippen LogP contribution in [0, 0.1) is 6.43 Å². The number of rotatable bonds is 22. The van der Waals surface area contributed by atoms with Gasteiger partial charge in [0.25, 0.3) is 0 Å². The molecule has 0 aromatic rings. The first kappa shape index (κ1) is 69.6. The van der Waals surface area contributed by atoms with Crippen LogP contribution >= 0.6 is 0 Å². The van der Waals surface area contributed by atoms with E-state index in [1.165, 1.54) is 0 Å². The summed E-state index contributed by atoms with van der Waals surface area (Å²) in [4.78, 5) is 0. The summed E-state index contributed by atoms with van der Waals surface area (Å²) in [7, 11) is 0. The van der Waals surface area contributed by atoms with Gasteiger partial charge in [-0.05, 0) is 0 Å². The summed E-state index contributed by atoms with van der Waals surface area (Å²) >= 11 is 0. The van der Waals surface area contributed by atoms with Gasteiger partial charge in [0.2, 0.25) is 0 Å².